The molecule has 1 N–H and O–H groups in total. The fourth-order valence-corrected chi connectivity index (χ4v) is 4.03. The summed E-state index contributed by atoms with van der Waals surface area (Å²) in [5, 5.41) is 3.86. The van der Waals surface area contributed by atoms with Crippen molar-refractivity contribution in [1.29, 1.82) is 0 Å². The monoisotopic (exact) mass is 541 g/mol. The van der Waals surface area contributed by atoms with Crippen LogP contribution in [0.4, 0.5) is 5.69 Å². The number of fused-ring (bicyclic) bond motifs is 1. The van der Waals surface area contributed by atoms with Crippen molar-refractivity contribution in [2.45, 2.75) is 0 Å². The van der Waals surface area contributed by atoms with E-state index in [0.717, 1.165) is 9.86 Å². The highest BCUT2D eigenvalue weighted by molar-refractivity contribution is 9.10. The summed E-state index contributed by atoms with van der Waals surface area (Å²) < 4.78 is 12.7. The van der Waals surface area contributed by atoms with E-state index in [1.165, 1.54) is 0 Å². The van der Waals surface area contributed by atoms with Crippen LogP contribution < -0.4 is 10.1 Å². The van der Waals surface area contributed by atoms with Gasteiger partial charge in [-0.15, -0.1) is 0 Å². The summed E-state index contributed by atoms with van der Waals surface area (Å²) >= 11 is 6.78. The smallest absolute Gasteiger partial charge is 0.230 e. The lowest BCUT2D eigenvalue weighted by Gasteiger charge is -2.08. The second kappa shape index (κ2) is 9.08. The fraction of sp³-hybridized carbons (Fsp3) is 0.0833. The number of Topliss-reactive ketones (excluding diaryl/α,β-unsaturated/α-hetero) is 1. The Morgan fingerprint density at radius 1 is 0.968 bits per heavy atom. The minimum absolute atomic E-state index is 0.0255. The van der Waals surface area contributed by atoms with Gasteiger partial charge in [-0.05, 0) is 58.4 Å². The number of methoxy groups -OCH3 is 1. The molecule has 7 heteroatoms. The van der Waals surface area contributed by atoms with E-state index in [1.807, 2.05) is 30.3 Å². The van der Waals surface area contributed by atoms with Crippen molar-refractivity contribution in [2.24, 2.45) is 0 Å². The number of benzene rings is 3. The summed E-state index contributed by atoms with van der Waals surface area (Å²) in [6, 6.07) is 19.5. The Labute approximate surface area is 195 Å². The molecule has 0 fully saturated rings. The number of furan rings is 1. The van der Waals surface area contributed by atoms with Gasteiger partial charge in [-0.2, -0.15) is 0 Å². The van der Waals surface area contributed by atoms with Gasteiger partial charge >= 0.3 is 0 Å². The number of ether oxygens (including phenoxy) is 1. The van der Waals surface area contributed by atoms with Crippen LogP contribution in [-0.2, 0) is 0 Å². The number of nitrogens with one attached hydrogen (secondary N) is 1. The van der Waals surface area contributed by atoms with Crippen molar-refractivity contribution < 1.29 is 18.7 Å². The number of halogens is 2. The largest absolute Gasteiger partial charge is 0.496 e. The summed E-state index contributed by atoms with van der Waals surface area (Å²) in [7, 11) is 1.56. The maximum Gasteiger partial charge on any atom is 0.230 e. The SMILES string of the molecule is COc1ccc(C(=O)c2oc3ccccc3c2NCC(=O)c2ccc(Br)cc2)cc1Br. The topological polar surface area (TPSA) is 68.5 Å². The lowest BCUT2D eigenvalue weighted by Crippen LogP contribution is -2.15. The number of anilines is 1. The van der Waals surface area contributed by atoms with E-state index in [0.29, 0.717) is 32.6 Å². The second-order valence-electron chi connectivity index (χ2n) is 6.76. The third kappa shape index (κ3) is 4.43. The van der Waals surface area contributed by atoms with E-state index >= 15 is 0 Å². The predicted octanol–water partition coefficient (Wildman–Crippen LogP) is 6.49. The average molecular weight is 543 g/mol. The number of hydrogen-bond acceptors (Lipinski definition) is 5. The standard InChI is InChI=1S/C24H17Br2NO4/c1-30-21-11-8-15(12-18(21)26)23(29)24-22(17-4-2-3-5-20(17)31-24)27-13-19(28)14-6-9-16(25)10-7-14/h2-12,27H,13H2,1H3. The van der Waals surface area contributed by atoms with Gasteiger partial charge in [0.05, 0.1) is 23.8 Å². The average Bonchev–Trinajstić information content (AvgIpc) is 3.16. The third-order valence-electron chi connectivity index (χ3n) is 4.81. The van der Waals surface area contributed by atoms with Gasteiger partial charge in [0.1, 0.15) is 11.3 Å². The van der Waals surface area contributed by atoms with E-state index in [1.54, 1.807) is 43.5 Å². The van der Waals surface area contributed by atoms with Gasteiger partial charge in [0, 0.05) is 21.0 Å². The van der Waals surface area contributed by atoms with E-state index in [-0.39, 0.29) is 23.9 Å². The molecule has 0 radical (unpaired) electrons. The van der Waals surface area contributed by atoms with Gasteiger partial charge in [-0.25, -0.2) is 0 Å². The number of hydrogen-bond donors (Lipinski definition) is 1. The molecule has 3 aromatic carbocycles. The van der Waals surface area contributed by atoms with E-state index in [9.17, 15) is 9.59 Å². The minimum atomic E-state index is -0.293. The Morgan fingerprint density at radius 3 is 2.39 bits per heavy atom. The molecule has 0 atom stereocenters. The highest BCUT2D eigenvalue weighted by atomic mass is 79.9. The van der Waals surface area contributed by atoms with Crippen LogP contribution in [0.15, 0.2) is 80.1 Å². The van der Waals surface area contributed by atoms with Crippen molar-refractivity contribution in [3.63, 3.8) is 0 Å². The molecule has 0 aliphatic carbocycles. The lowest BCUT2D eigenvalue weighted by molar-refractivity contribution is 0.0997. The van der Waals surface area contributed by atoms with Crippen LogP contribution >= 0.6 is 31.9 Å². The summed E-state index contributed by atoms with van der Waals surface area (Å²) in [5.41, 5.74) is 2.08. The van der Waals surface area contributed by atoms with Gasteiger partial charge in [0.25, 0.3) is 0 Å². The van der Waals surface area contributed by atoms with E-state index in [2.05, 4.69) is 37.2 Å². The first-order valence-corrected chi connectivity index (χ1v) is 11.0. The Bertz CT molecular complexity index is 1280. The highest BCUT2D eigenvalue weighted by Gasteiger charge is 2.23. The van der Waals surface area contributed by atoms with E-state index < -0.39 is 0 Å². The molecule has 0 aliphatic rings. The fourth-order valence-electron chi connectivity index (χ4n) is 3.23. The molecule has 4 rings (SSSR count). The van der Waals surface area contributed by atoms with Crippen molar-refractivity contribution in [3.05, 3.63) is 92.6 Å². The van der Waals surface area contributed by atoms with Crippen LogP contribution in [0.25, 0.3) is 11.0 Å². The number of carbonyl (C=O) groups is 2. The molecule has 1 heterocycles. The number of para-hydroxylation sites is 1. The maximum atomic E-state index is 13.3. The van der Waals surface area contributed by atoms with Crippen molar-refractivity contribution in [3.8, 4) is 5.75 Å². The molecule has 156 valence electrons. The highest BCUT2D eigenvalue weighted by Crippen LogP contribution is 2.34. The molecule has 4 aromatic rings. The molecule has 0 unspecified atom stereocenters. The maximum absolute atomic E-state index is 13.3. The van der Waals surface area contributed by atoms with Crippen LogP contribution in [0.5, 0.6) is 5.75 Å². The molecule has 0 bridgehead atoms. The zero-order valence-electron chi connectivity index (χ0n) is 16.4. The lowest BCUT2D eigenvalue weighted by atomic mass is 10.1. The third-order valence-corrected chi connectivity index (χ3v) is 5.96. The van der Waals surface area contributed by atoms with Crippen LogP contribution in [0, 0.1) is 0 Å². The Kier molecular flexibility index (Phi) is 6.25. The summed E-state index contributed by atoms with van der Waals surface area (Å²) in [5.74, 6) is 0.392. The van der Waals surface area contributed by atoms with E-state index in [4.69, 9.17) is 9.15 Å². The van der Waals surface area contributed by atoms with Crippen molar-refractivity contribution in [1.82, 2.24) is 0 Å². The summed E-state index contributed by atoms with van der Waals surface area (Å²) in [6.45, 7) is 0.0255. The number of ketones is 2. The van der Waals surface area contributed by atoms with Gasteiger partial charge in [0.15, 0.2) is 11.5 Å². The van der Waals surface area contributed by atoms with Crippen LogP contribution in [-0.4, -0.2) is 25.2 Å². The van der Waals surface area contributed by atoms with Crippen molar-refractivity contribution >= 4 is 60.1 Å². The zero-order chi connectivity index (χ0) is 22.0. The molecule has 0 spiro atoms. The first-order chi connectivity index (χ1) is 15.0. The van der Waals surface area contributed by atoms with Gasteiger partial charge < -0.3 is 14.5 Å². The normalized spacial score (nSPS) is 10.8. The molecule has 0 aliphatic heterocycles. The molecule has 5 nitrogen and oxygen atoms in total. The van der Waals surface area contributed by atoms with Crippen LogP contribution in [0.1, 0.15) is 26.5 Å². The Morgan fingerprint density at radius 2 is 1.68 bits per heavy atom. The molecule has 0 saturated heterocycles. The Balaban J connectivity index is 1.67. The van der Waals surface area contributed by atoms with Crippen LogP contribution in [0.2, 0.25) is 0 Å². The molecule has 31 heavy (non-hydrogen) atoms. The first kappa shape index (κ1) is 21.3. The minimum Gasteiger partial charge on any atom is -0.496 e. The Hall–Kier alpha value is -2.90. The van der Waals surface area contributed by atoms with Gasteiger partial charge in [0.2, 0.25) is 5.78 Å². The first-order valence-electron chi connectivity index (χ1n) is 9.40. The van der Waals surface area contributed by atoms with Crippen LogP contribution in [0.3, 0.4) is 0 Å². The van der Waals surface area contributed by atoms with Gasteiger partial charge in [-0.1, -0.05) is 40.2 Å². The summed E-state index contributed by atoms with van der Waals surface area (Å²) in [4.78, 5) is 25.9. The predicted molar refractivity (Wildman–Crippen MR) is 127 cm³/mol. The summed E-state index contributed by atoms with van der Waals surface area (Å²) in [6.07, 6.45) is 0. The molecular weight excluding hydrogens is 526 g/mol. The number of rotatable bonds is 7. The molecule has 0 amide bonds. The molecule has 0 saturated carbocycles. The zero-order valence-corrected chi connectivity index (χ0v) is 19.6. The van der Waals surface area contributed by atoms with Gasteiger partial charge in [-0.3, -0.25) is 9.59 Å². The quantitative estimate of drug-likeness (QED) is 0.270. The molecule has 1 aromatic heterocycles. The van der Waals surface area contributed by atoms with Crippen molar-refractivity contribution in [2.75, 3.05) is 19.0 Å². The second-order valence-corrected chi connectivity index (χ2v) is 8.53. The number of carbonyl (C=O) groups excluding carboxylic acids is 2. The molecular formula is C24H17Br2NO4.